The zero-order chi connectivity index (χ0) is 23.2. The lowest BCUT2D eigenvalue weighted by molar-refractivity contribution is -0.117. The number of aryl methyl sites for hydroxylation is 1. The van der Waals surface area contributed by atoms with E-state index in [0.29, 0.717) is 11.8 Å². The molecule has 0 aliphatic heterocycles. The fraction of sp³-hybridized carbons (Fsp3) is 0.250. The van der Waals surface area contributed by atoms with Crippen molar-refractivity contribution in [3.05, 3.63) is 60.3 Å². The van der Waals surface area contributed by atoms with Crippen molar-refractivity contribution in [2.24, 2.45) is 5.92 Å². The summed E-state index contributed by atoms with van der Waals surface area (Å²) in [5, 5.41) is 14.3. The maximum absolute atomic E-state index is 11.4. The van der Waals surface area contributed by atoms with Crippen molar-refractivity contribution in [2.75, 3.05) is 24.9 Å². The number of methoxy groups -OCH3 is 2. The highest BCUT2D eigenvalue weighted by atomic mass is 16.5. The fourth-order valence-electron chi connectivity index (χ4n) is 3.09. The molecule has 0 unspecified atom stereocenters. The van der Waals surface area contributed by atoms with Gasteiger partial charge in [-0.2, -0.15) is 10.1 Å². The van der Waals surface area contributed by atoms with Gasteiger partial charge in [-0.05, 0) is 56.2 Å². The first kappa shape index (κ1) is 22.1. The van der Waals surface area contributed by atoms with Gasteiger partial charge in [-0.15, -0.1) is 0 Å². The number of hydrogen-bond donors (Lipinski definition) is 3. The molecule has 0 saturated heterocycles. The molecule has 2 aromatic heterocycles. The van der Waals surface area contributed by atoms with Crippen LogP contribution in [-0.2, 0) is 4.79 Å². The van der Waals surface area contributed by atoms with Gasteiger partial charge in [-0.1, -0.05) is 12.1 Å². The Balaban J connectivity index is 0.000000165. The van der Waals surface area contributed by atoms with Crippen molar-refractivity contribution in [1.29, 1.82) is 0 Å². The summed E-state index contributed by atoms with van der Waals surface area (Å²) in [7, 11) is 3.16. The minimum atomic E-state index is 0.134. The zero-order valence-corrected chi connectivity index (χ0v) is 18.8. The SMILES string of the molecule is COc1ccc(NC(=O)C2CC2)cc1.COc1ncc(C)c(Nc2n[nH]c3ccccc23)n1. The predicted molar refractivity (Wildman–Crippen MR) is 127 cm³/mol. The third kappa shape index (κ3) is 5.57. The van der Waals surface area contributed by atoms with Crippen molar-refractivity contribution >= 4 is 34.1 Å². The number of nitrogens with one attached hydrogen (secondary N) is 3. The first-order valence-corrected chi connectivity index (χ1v) is 10.6. The number of para-hydroxylation sites is 1. The van der Waals surface area contributed by atoms with Gasteiger partial charge in [-0.3, -0.25) is 9.89 Å². The highest BCUT2D eigenvalue weighted by Crippen LogP contribution is 2.30. The van der Waals surface area contributed by atoms with Crippen LogP contribution in [0.4, 0.5) is 17.3 Å². The molecule has 170 valence electrons. The van der Waals surface area contributed by atoms with Crippen LogP contribution in [0.5, 0.6) is 11.8 Å². The summed E-state index contributed by atoms with van der Waals surface area (Å²) in [5.41, 5.74) is 2.74. The summed E-state index contributed by atoms with van der Waals surface area (Å²) < 4.78 is 10.0. The van der Waals surface area contributed by atoms with Crippen LogP contribution in [0, 0.1) is 12.8 Å². The van der Waals surface area contributed by atoms with Crippen molar-refractivity contribution < 1.29 is 14.3 Å². The Morgan fingerprint density at radius 3 is 2.48 bits per heavy atom. The topological polar surface area (TPSA) is 114 Å². The van der Waals surface area contributed by atoms with E-state index in [-0.39, 0.29) is 11.8 Å². The standard InChI is InChI=1S/C13H13N5O.C11H13NO2/c1-8-7-14-13(19-2)16-11(8)15-12-9-5-3-4-6-10(9)17-18-12;1-14-10-6-4-9(5-7-10)12-11(13)8-2-3-8/h3-7H,1-2H3,(H2,14,15,16,17,18);4-8H,2-3H2,1H3,(H,12,13). The Morgan fingerprint density at radius 2 is 1.79 bits per heavy atom. The van der Waals surface area contributed by atoms with E-state index in [4.69, 9.17) is 9.47 Å². The summed E-state index contributed by atoms with van der Waals surface area (Å²) in [6, 6.07) is 15.6. The minimum absolute atomic E-state index is 0.134. The fourth-order valence-corrected chi connectivity index (χ4v) is 3.09. The maximum Gasteiger partial charge on any atom is 0.318 e. The number of carbonyl (C=O) groups is 1. The molecular formula is C24H26N6O3. The van der Waals surface area contributed by atoms with Gasteiger partial charge in [0.2, 0.25) is 5.91 Å². The predicted octanol–water partition coefficient (Wildman–Crippen LogP) is 4.46. The Morgan fingerprint density at radius 1 is 1.03 bits per heavy atom. The van der Waals surface area contributed by atoms with Crippen LogP contribution in [0.3, 0.4) is 0 Å². The molecule has 0 atom stereocenters. The van der Waals surface area contributed by atoms with Gasteiger partial charge in [0.1, 0.15) is 11.6 Å². The van der Waals surface area contributed by atoms with Crippen molar-refractivity contribution in [3.63, 3.8) is 0 Å². The van der Waals surface area contributed by atoms with E-state index < -0.39 is 0 Å². The van der Waals surface area contributed by atoms with Crippen LogP contribution in [0.25, 0.3) is 10.9 Å². The lowest BCUT2D eigenvalue weighted by atomic mass is 10.2. The van der Waals surface area contributed by atoms with Crippen LogP contribution in [0.15, 0.2) is 54.7 Å². The molecule has 9 nitrogen and oxygen atoms in total. The molecule has 5 rings (SSSR count). The van der Waals surface area contributed by atoms with Crippen molar-refractivity contribution in [3.8, 4) is 11.8 Å². The second-order valence-corrected chi connectivity index (χ2v) is 7.62. The smallest absolute Gasteiger partial charge is 0.318 e. The Kier molecular flexibility index (Phi) is 6.68. The van der Waals surface area contributed by atoms with E-state index >= 15 is 0 Å². The highest BCUT2D eigenvalue weighted by molar-refractivity contribution is 5.94. The average molecular weight is 447 g/mol. The van der Waals surface area contributed by atoms with Gasteiger partial charge in [0.25, 0.3) is 0 Å². The number of rotatable bonds is 6. The summed E-state index contributed by atoms with van der Waals surface area (Å²) in [4.78, 5) is 19.7. The maximum atomic E-state index is 11.4. The van der Waals surface area contributed by atoms with E-state index in [1.165, 1.54) is 0 Å². The Labute approximate surface area is 191 Å². The molecule has 3 N–H and O–H groups in total. The number of H-pyrrole nitrogens is 1. The molecule has 2 heterocycles. The highest BCUT2D eigenvalue weighted by Gasteiger charge is 2.29. The second kappa shape index (κ2) is 9.99. The van der Waals surface area contributed by atoms with Crippen molar-refractivity contribution in [2.45, 2.75) is 19.8 Å². The molecule has 1 fully saturated rings. The number of ether oxygens (including phenoxy) is 2. The number of hydrogen-bond acceptors (Lipinski definition) is 7. The van der Waals surface area contributed by atoms with E-state index in [0.717, 1.165) is 46.6 Å². The molecular weight excluding hydrogens is 420 g/mol. The van der Waals surface area contributed by atoms with Crippen LogP contribution >= 0.6 is 0 Å². The molecule has 1 aliphatic rings. The second-order valence-electron chi connectivity index (χ2n) is 7.62. The number of aromatic nitrogens is 4. The molecule has 33 heavy (non-hydrogen) atoms. The average Bonchev–Trinajstić information content (AvgIpc) is 3.63. The molecule has 0 bridgehead atoms. The van der Waals surface area contributed by atoms with Gasteiger partial charge < -0.3 is 20.1 Å². The van der Waals surface area contributed by atoms with Gasteiger partial charge in [0, 0.05) is 28.8 Å². The van der Waals surface area contributed by atoms with Crippen LogP contribution in [-0.4, -0.2) is 40.3 Å². The first-order chi connectivity index (χ1) is 16.1. The molecule has 1 saturated carbocycles. The van der Waals surface area contributed by atoms with Crippen molar-refractivity contribution in [1.82, 2.24) is 20.2 Å². The van der Waals surface area contributed by atoms with Crippen LogP contribution < -0.4 is 20.1 Å². The number of aromatic amines is 1. The number of carbonyl (C=O) groups excluding carboxylic acids is 1. The molecule has 2 aromatic carbocycles. The minimum Gasteiger partial charge on any atom is -0.497 e. The Hall–Kier alpha value is -4.14. The number of anilines is 3. The third-order valence-electron chi connectivity index (χ3n) is 5.15. The zero-order valence-electron chi connectivity index (χ0n) is 18.8. The number of benzene rings is 2. The number of fused-ring (bicyclic) bond motifs is 1. The quantitative estimate of drug-likeness (QED) is 0.401. The summed E-state index contributed by atoms with van der Waals surface area (Å²) >= 11 is 0. The normalized spacial score (nSPS) is 12.5. The number of amides is 1. The van der Waals surface area contributed by atoms with Gasteiger partial charge in [0.15, 0.2) is 5.82 Å². The van der Waals surface area contributed by atoms with Gasteiger partial charge in [0.05, 0.1) is 19.7 Å². The summed E-state index contributed by atoms with van der Waals surface area (Å²) in [6.07, 6.45) is 3.77. The lowest BCUT2D eigenvalue weighted by Crippen LogP contribution is -2.12. The van der Waals surface area contributed by atoms with Gasteiger partial charge in [-0.25, -0.2) is 4.98 Å². The van der Waals surface area contributed by atoms with Gasteiger partial charge >= 0.3 is 6.01 Å². The van der Waals surface area contributed by atoms with E-state index in [9.17, 15) is 4.79 Å². The molecule has 0 spiro atoms. The van der Waals surface area contributed by atoms with E-state index in [1.54, 1.807) is 20.4 Å². The van der Waals surface area contributed by atoms with E-state index in [1.807, 2.05) is 55.5 Å². The Bertz CT molecular complexity index is 1230. The van der Waals surface area contributed by atoms with E-state index in [2.05, 4.69) is 30.8 Å². The molecule has 0 radical (unpaired) electrons. The first-order valence-electron chi connectivity index (χ1n) is 10.6. The van der Waals surface area contributed by atoms with Crippen LogP contribution in [0.2, 0.25) is 0 Å². The largest absolute Gasteiger partial charge is 0.497 e. The number of nitrogens with zero attached hydrogens (tertiary/aromatic N) is 3. The van der Waals surface area contributed by atoms with Crippen LogP contribution in [0.1, 0.15) is 18.4 Å². The molecule has 1 amide bonds. The third-order valence-corrected chi connectivity index (χ3v) is 5.15. The monoisotopic (exact) mass is 446 g/mol. The summed E-state index contributed by atoms with van der Waals surface area (Å²) in [6.45, 7) is 1.93. The molecule has 9 heteroatoms. The molecule has 4 aromatic rings. The summed E-state index contributed by atoms with van der Waals surface area (Å²) in [5.74, 6) is 2.60. The molecule has 1 aliphatic carbocycles. The lowest BCUT2D eigenvalue weighted by Gasteiger charge is -2.07.